The summed E-state index contributed by atoms with van der Waals surface area (Å²) < 4.78 is 10.7. The summed E-state index contributed by atoms with van der Waals surface area (Å²) in [6.45, 7) is 3.90. The number of carbonyl (C=O) groups is 2. The van der Waals surface area contributed by atoms with Gasteiger partial charge in [0.2, 0.25) is 0 Å². The van der Waals surface area contributed by atoms with Gasteiger partial charge in [-0.05, 0) is 109 Å². The lowest BCUT2D eigenvalue weighted by molar-refractivity contribution is -0.161. The highest BCUT2D eigenvalue weighted by atomic mass is 16.6. The molecule has 74 heavy (non-hydrogen) atoms. The Morgan fingerprint density at radius 3 is 0.811 bits per heavy atom. The summed E-state index contributed by atoms with van der Waals surface area (Å²) in [7, 11) is 0. The van der Waals surface area contributed by atoms with Gasteiger partial charge in [-0.3, -0.25) is 9.59 Å². The molecule has 0 aromatic rings. The quantitative estimate of drug-likeness (QED) is 0.0373. The third-order valence-electron chi connectivity index (χ3n) is 12.9. The number of hydrogen-bond donors (Lipinski definition) is 1. The smallest absolute Gasteiger partial charge is 0.306 e. The molecule has 0 radical (unpaired) electrons. The molecule has 0 heterocycles. The summed E-state index contributed by atoms with van der Waals surface area (Å²) in [6.07, 6.45) is 94.5. The maximum atomic E-state index is 12.3. The lowest BCUT2D eigenvalue weighted by atomic mass is 10.0. The molecular weight excluding hydrogens is 909 g/mol. The van der Waals surface area contributed by atoms with E-state index in [2.05, 4.69) is 148 Å². The Kier molecular flexibility index (Phi) is 59.9. The van der Waals surface area contributed by atoms with Crippen LogP contribution in [0.3, 0.4) is 0 Å². The van der Waals surface area contributed by atoms with Crippen molar-refractivity contribution in [2.75, 3.05) is 13.2 Å². The number of hydrogen-bond acceptors (Lipinski definition) is 5. The molecule has 420 valence electrons. The van der Waals surface area contributed by atoms with E-state index in [4.69, 9.17) is 9.47 Å². The van der Waals surface area contributed by atoms with Gasteiger partial charge in [0.15, 0.2) is 6.10 Å². The SMILES string of the molecule is CC/C=C\C/C=C\C/C=C\C/C=C\C/C=C\C/C=C\CCCCCCC(=O)OC(CO)COC(=O)CCCCCCCCCCCCCCCCCCCCCCC/C=C\C/C=C\C/C=C\C/C=C\C/C=C\CC. The van der Waals surface area contributed by atoms with Crippen LogP contribution in [0, 0.1) is 0 Å². The maximum Gasteiger partial charge on any atom is 0.306 e. The number of carbonyl (C=O) groups excluding carboxylic acids is 2. The van der Waals surface area contributed by atoms with E-state index in [0.29, 0.717) is 12.8 Å². The van der Waals surface area contributed by atoms with E-state index < -0.39 is 6.10 Å². The van der Waals surface area contributed by atoms with Gasteiger partial charge in [-0.1, -0.05) is 282 Å². The fourth-order valence-electron chi connectivity index (χ4n) is 8.41. The van der Waals surface area contributed by atoms with Gasteiger partial charge in [0, 0.05) is 12.8 Å². The van der Waals surface area contributed by atoms with Crippen molar-refractivity contribution in [2.24, 2.45) is 0 Å². The number of aliphatic hydroxyl groups is 1. The first kappa shape index (κ1) is 70.0. The number of rotatable bonds is 55. The number of aliphatic hydroxyl groups excluding tert-OH is 1. The Morgan fingerprint density at radius 2 is 0.541 bits per heavy atom. The van der Waals surface area contributed by atoms with Crippen LogP contribution in [0.5, 0.6) is 0 Å². The zero-order chi connectivity index (χ0) is 53.4. The van der Waals surface area contributed by atoms with Crippen LogP contribution in [-0.2, 0) is 19.1 Å². The minimum atomic E-state index is -0.794. The van der Waals surface area contributed by atoms with Gasteiger partial charge < -0.3 is 14.6 Å². The lowest BCUT2D eigenvalue weighted by Gasteiger charge is -2.15. The molecule has 0 amide bonds. The first-order valence-corrected chi connectivity index (χ1v) is 30.7. The maximum absolute atomic E-state index is 12.3. The number of ether oxygens (including phenoxy) is 2. The molecule has 5 heteroatoms. The van der Waals surface area contributed by atoms with Crippen molar-refractivity contribution in [3.8, 4) is 0 Å². The van der Waals surface area contributed by atoms with Gasteiger partial charge >= 0.3 is 11.9 Å². The van der Waals surface area contributed by atoms with Crippen molar-refractivity contribution in [1.29, 1.82) is 0 Å². The summed E-state index contributed by atoms with van der Waals surface area (Å²) in [5, 5.41) is 9.66. The highest BCUT2D eigenvalue weighted by Crippen LogP contribution is 2.16. The van der Waals surface area contributed by atoms with E-state index in [1.807, 2.05) is 0 Å². The fourth-order valence-corrected chi connectivity index (χ4v) is 8.41. The van der Waals surface area contributed by atoms with Crippen molar-refractivity contribution < 1.29 is 24.2 Å². The lowest BCUT2D eigenvalue weighted by Crippen LogP contribution is -2.28. The van der Waals surface area contributed by atoms with Crippen LogP contribution in [0.2, 0.25) is 0 Å². The average Bonchev–Trinajstić information content (AvgIpc) is 3.40. The van der Waals surface area contributed by atoms with Crippen LogP contribution < -0.4 is 0 Å². The van der Waals surface area contributed by atoms with Crippen molar-refractivity contribution in [3.63, 3.8) is 0 Å². The van der Waals surface area contributed by atoms with Crippen LogP contribution in [0.15, 0.2) is 134 Å². The minimum absolute atomic E-state index is 0.0813. The van der Waals surface area contributed by atoms with Crippen molar-refractivity contribution in [2.45, 2.75) is 277 Å². The predicted molar refractivity (Wildman–Crippen MR) is 324 cm³/mol. The normalized spacial score (nSPS) is 13.2. The third-order valence-corrected chi connectivity index (χ3v) is 12.9. The van der Waals surface area contributed by atoms with Gasteiger partial charge in [0.1, 0.15) is 6.61 Å². The van der Waals surface area contributed by atoms with E-state index in [1.54, 1.807) is 0 Å². The number of unbranched alkanes of at least 4 members (excludes halogenated alkanes) is 25. The first-order chi connectivity index (χ1) is 36.6. The predicted octanol–water partition coefficient (Wildman–Crippen LogP) is 21.2. The molecule has 0 aromatic carbocycles. The van der Waals surface area contributed by atoms with E-state index in [9.17, 15) is 14.7 Å². The van der Waals surface area contributed by atoms with Crippen LogP contribution in [0.25, 0.3) is 0 Å². The van der Waals surface area contributed by atoms with Crippen molar-refractivity contribution in [1.82, 2.24) is 0 Å². The topological polar surface area (TPSA) is 72.8 Å². The van der Waals surface area contributed by atoms with Gasteiger partial charge in [-0.2, -0.15) is 0 Å². The average molecular weight is 1020 g/mol. The highest BCUT2D eigenvalue weighted by Gasteiger charge is 2.16. The molecule has 5 nitrogen and oxygen atoms in total. The summed E-state index contributed by atoms with van der Waals surface area (Å²) >= 11 is 0. The Bertz CT molecular complexity index is 1530. The van der Waals surface area contributed by atoms with E-state index in [1.165, 1.54) is 122 Å². The van der Waals surface area contributed by atoms with Crippen LogP contribution in [-0.4, -0.2) is 36.4 Å². The zero-order valence-corrected chi connectivity index (χ0v) is 48.1. The standard InChI is InChI=1S/C69H114O5/c1-3-5-7-9-11-13-15-17-19-21-23-25-27-28-29-30-31-32-33-34-35-36-37-38-39-40-42-43-45-47-49-51-53-55-57-59-61-63-68(71)73-66-67(65-70)74-69(72)64-62-60-58-56-54-52-50-48-46-44-41-26-24-22-20-18-16-14-12-10-8-6-4-2/h5-8,11-14,17-20,23-26,28-29,44,46,50,52,67,70H,3-4,9-10,15-16,21-22,27,30-43,45,47-49,51,53-66H2,1-2H3/b7-5-,8-6-,13-11-,14-12-,19-17-,20-18-,25-23-,26-24-,29-28-,46-44-,52-50-. The van der Waals surface area contributed by atoms with E-state index >= 15 is 0 Å². The second kappa shape index (κ2) is 63.3. The van der Waals surface area contributed by atoms with E-state index in [-0.39, 0.29) is 25.2 Å². The minimum Gasteiger partial charge on any atom is -0.462 e. The molecule has 0 aliphatic rings. The molecule has 1 N–H and O–H groups in total. The van der Waals surface area contributed by atoms with Gasteiger partial charge in [-0.25, -0.2) is 0 Å². The molecule has 0 fully saturated rings. The molecule has 0 spiro atoms. The third kappa shape index (κ3) is 60.6. The number of esters is 2. The molecule has 0 aliphatic heterocycles. The molecule has 0 aliphatic carbocycles. The molecular formula is C69H114O5. The van der Waals surface area contributed by atoms with Gasteiger partial charge in [-0.15, -0.1) is 0 Å². The number of allylic oxidation sites excluding steroid dienone is 22. The molecule has 0 saturated heterocycles. The Labute approximate surface area is 457 Å². The summed E-state index contributed by atoms with van der Waals surface area (Å²) in [4.78, 5) is 24.6. The summed E-state index contributed by atoms with van der Waals surface area (Å²) in [5.74, 6) is -0.619. The molecule has 0 rings (SSSR count). The molecule has 0 saturated carbocycles. The molecule has 0 bridgehead atoms. The van der Waals surface area contributed by atoms with Gasteiger partial charge in [0.05, 0.1) is 6.61 Å². The summed E-state index contributed by atoms with van der Waals surface area (Å²) in [5.41, 5.74) is 0. The summed E-state index contributed by atoms with van der Waals surface area (Å²) in [6, 6.07) is 0. The molecule has 1 unspecified atom stereocenters. The van der Waals surface area contributed by atoms with E-state index in [0.717, 1.165) is 122 Å². The second-order valence-electron chi connectivity index (χ2n) is 20.0. The van der Waals surface area contributed by atoms with Crippen molar-refractivity contribution >= 4 is 11.9 Å². The largest absolute Gasteiger partial charge is 0.462 e. The zero-order valence-electron chi connectivity index (χ0n) is 48.1. The Hall–Kier alpha value is -3.96. The Balaban J connectivity index is 3.50. The van der Waals surface area contributed by atoms with Crippen LogP contribution in [0.4, 0.5) is 0 Å². The first-order valence-electron chi connectivity index (χ1n) is 30.7. The van der Waals surface area contributed by atoms with Crippen LogP contribution >= 0.6 is 0 Å². The highest BCUT2D eigenvalue weighted by molar-refractivity contribution is 5.70. The Morgan fingerprint density at radius 1 is 0.311 bits per heavy atom. The molecule has 0 aromatic heterocycles. The van der Waals surface area contributed by atoms with Crippen LogP contribution in [0.1, 0.15) is 271 Å². The second-order valence-corrected chi connectivity index (χ2v) is 20.0. The van der Waals surface area contributed by atoms with Gasteiger partial charge in [0.25, 0.3) is 0 Å². The fraction of sp³-hybridized carbons (Fsp3) is 0.652. The monoisotopic (exact) mass is 1020 g/mol. The van der Waals surface area contributed by atoms with Crippen molar-refractivity contribution in [3.05, 3.63) is 134 Å². The molecule has 1 atom stereocenters.